The van der Waals surface area contributed by atoms with Crippen LogP contribution in [-0.4, -0.2) is 78.2 Å². The van der Waals surface area contributed by atoms with Crippen LogP contribution in [0.3, 0.4) is 0 Å². The van der Waals surface area contributed by atoms with Gasteiger partial charge in [-0.3, -0.25) is 34.1 Å². The van der Waals surface area contributed by atoms with E-state index in [2.05, 4.69) is 10.6 Å². The van der Waals surface area contributed by atoms with Crippen LogP contribution in [0, 0.1) is 11.8 Å². The SMILES string of the molecule is CCC(N)C(=O)C(=O)NC(=O)CN(C(=O)[C@H](CC1CCCCC1)NC(=O)[C@@H](NC(=O)c1ccc(-c2ccc(Cl)cc2)o1)[C@@H](C)CC)S(=O)(=O)C(F)(F)F. The topological polar surface area (TPSA) is 215 Å². The molecule has 0 radical (unpaired) electrons. The summed E-state index contributed by atoms with van der Waals surface area (Å²) in [5.41, 5.74) is -0.00522. The lowest BCUT2D eigenvalue weighted by Crippen LogP contribution is -2.59. The lowest BCUT2D eigenvalue weighted by Gasteiger charge is -2.32. The van der Waals surface area contributed by atoms with Crippen molar-refractivity contribution in [1.29, 1.82) is 0 Å². The third-order valence-corrected chi connectivity index (χ3v) is 10.7. The molecule has 1 aliphatic carbocycles. The van der Waals surface area contributed by atoms with Crippen LogP contribution in [-0.2, 0) is 34.0 Å². The first-order valence-electron chi connectivity index (χ1n) is 17.0. The summed E-state index contributed by atoms with van der Waals surface area (Å²) in [5, 5.41) is 6.83. The van der Waals surface area contributed by atoms with Crippen molar-refractivity contribution >= 4 is 56.9 Å². The lowest BCUT2D eigenvalue weighted by atomic mass is 9.84. The molecule has 4 atom stereocenters. The quantitative estimate of drug-likeness (QED) is 0.180. The van der Waals surface area contributed by atoms with Crippen LogP contribution in [0.4, 0.5) is 13.2 Å². The minimum atomic E-state index is -6.59. The zero-order valence-electron chi connectivity index (χ0n) is 29.3. The van der Waals surface area contributed by atoms with E-state index in [4.69, 9.17) is 21.8 Å². The Kier molecular flexibility index (Phi) is 15.2. The van der Waals surface area contributed by atoms with Gasteiger partial charge in [0, 0.05) is 10.6 Å². The maximum absolute atomic E-state index is 13.9. The number of ketones is 1. The summed E-state index contributed by atoms with van der Waals surface area (Å²) < 4.78 is 72.2. The first-order chi connectivity index (χ1) is 24.8. The number of rotatable bonds is 16. The Balaban J connectivity index is 1.93. The minimum Gasteiger partial charge on any atom is -0.451 e. The highest BCUT2D eigenvalue weighted by molar-refractivity contribution is 7.90. The fourth-order valence-corrected chi connectivity index (χ4v) is 6.70. The van der Waals surface area contributed by atoms with Crippen LogP contribution in [0.5, 0.6) is 0 Å². The molecular formula is C34H43ClF3N5O9S. The van der Waals surface area contributed by atoms with Crippen molar-refractivity contribution in [3.8, 4) is 11.3 Å². The van der Waals surface area contributed by atoms with E-state index >= 15 is 0 Å². The Morgan fingerprint density at radius 2 is 1.58 bits per heavy atom. The van der Waals surface area contributed by atoms with E-state index < -0.39 is 85.7 Å². The highest BCUT2D eigenvalue weighted by atomic mass is 35.5. The highest BCUT2D eigenvalue weighted by Gasteiger charge is 2.53. The molecule has 1 aromatic carbocycles. The molecule has 14 nitrogen and oxygen atoms in total. The molecule has 292 valence electrons. The summed E-state index contributed by atoms with van der Waals surface area (Å²) >= 11 is 5.94. The zero-order valence-corrected chi connectivity index (χ0v) is 30.9. The molecule has 53 heavy (non-hydrogen) atoms. The van der Waals surface area contributed by atoms with Gasteiger partial charge in [0.2, 0.25) is 17.6 Å². The van der Waals surface area contributed by atoms with Gasteiger partial charge >= 0.3 is 15.5 Å². The third-order valence-electron chi connectivity index (χ3n) is 9.02. The average molecular weight is 790 g/mol. The molecule has 3 rings (SSSR count). The van der Waals surface area contributed by atoms with E-state index in [9.17, 15) is 50.4 Å². The number of Topliss-reactive ketones (excluding diaryl/α,β-unsaturated/α-hetero) is 1. The predicted octanol–water partition coefficient (Wildman–Crippen LogP) is 3.83. The third kappa shape index (κ3) is 11.4. The summed E-state index contributed by atoms with van der Waals surface area (Å²) in [5.74, 6) is -9.13. The van der Waals surface area contributed by atoms with Crippen LogP contribution in [0.25, 0.3) is 11.3 Å². The Morgan fingerprint density at radius 3 is 2.15 bits per heavy atom. The molecule has 0 aliphatic heterocycles. The molecule has 1 fully saturated rings. The summed E-state index contributed by atoms with van der Waals surface area (Å²) in [6, 6.07) is 4.76. The number of halogens is 4. The molecule has 1 aliphatic rings. The van der Waals surface area contributed by atoms with E-state index in [1.54, 1.807) is 38.1 Å². The second kappa shape index (κ2) is 18.6. The predicted molar refractivity (Wildman–Crippen MR) is 186 cm³/mol. The number of benzene rings is 1. The van der Waals surface area contributed by atoms with Crippen LogP contribution < -0.4 is 21.7 Å². The number of hydrogen-bond acceptors (Lipinski definition) is 10. The molecule has 5 amide bonds. The number of hydrogen-bond donors (Lipinski definition) is 4. The van der Waals surface area contributed by atoms with Gasteiger partial charge in [0.05, 0.1) is 6.04 Å². The number of carbonyl (C=O) groups excluding carboxylic acids is 6. The number of alkyl halides is 3. The Morgan fingerprint density at radius 1 is 0.962 bits per heavy atom. The maximum Gasteiger partial charge on any atom is 0.516 e. The summed E-state index contributed by atoms with van der Waals surface area (Å²) in [4.78, 5) is 78.0. The van der Waals surface area contributed by atoms with Crippen molar-refractivity contribution in [2.45, 2.75) is 95.8 Å². The van der Waals surface area contributed by atoms with Gasteiger partial charge in [-0.1, -0.05) is 70.9 Å². The maximum atomic E-state index is 13.9. The number of carbonyl (C=O) groups is 6. The molecule has 0 bridgehead atoms. The summed E-state index contributed by atoms with van der Waals surface area (Å²) in [6.45, 7) is 2.89. The fraction of sp³-hybridized carbons (Fsp3) is 0.529. The monoisotopic (exact) mass is 789 g/mol. The Labute approximate surface area is 309 Å². The lowest BCUT2D eigenvalue weighted by molar-refractivity contribution is -0.143. The Bertz CT molecular complexity index is 1760. The standard InChI is InChI=1S/C34H43ClF3N5O9S/c1-4-19(3)28(42-30(46)26-16-15-25(52-26)21-11-13-22(35)14-12-21)31(47)40-24(17-20-9-7-6-8-10-20)33(49)43(53(50,51)34(36,37)38)18-27(44)41-32(48)29(45)23(39)5-2/h11-16,19-20,23-24,28H,4-10,17-18,39H2,1-3H3,(H,40,47)(H,42,46)(H,41,44,48)/t19-,23?,24-,28-/m0/s1. The first-order valence-corrected chi connectivity index (χ1v) is 18.9. The molecule has 2 aromatic rings. The van der Waals surface area contributed by atoms with Gasteiger partial charge in [0.15, 0.2) is 5.76 Å². The number of nitrogens with zero attached hydrogens (tertiary/aromatic N) is 1. The van der Waals surface area contributed by atoms with Gasteiger partial charge in [-0.2, -0.15) is 21.6 Å². The molecule has 1 unspecified atom stereocenters. The van der Waals surface area contributed by atoms with E-state index in [0.717, 1.165) is 6.42 Å². The van der Waals surface area contributed by atoms with Gasteiger partial charge in [-0.05, 0) is 61.1 Å². The summed E-state index contributed by atoms with van der Waals surface area (Å²) in [6.07, 6.45) is 3.25. The minimum absolute atomic E-state index is 0.0277. The van der Waals surface area contributed by atoms with Crippen LogP contribution in [0.15, 0.2) is 40.8 Å². The molecule has 1 heterocycles. The largest absolute Gasteiger partial charge is 0.516 e. The van der Waals surface area contributed by atoms with Crippen molar-refractivity contribution in [2.75, 3.05) is 6.54 Å². The van der Waals surface area contributed by atoms with Gasteiger partial charge in [-0.15, -0.1) is 0 Å². The number of amides is 5. The smallest absolute Gasteiger partial charge is 0.451 e. The number of sulfonamides is 1. The van der Waals surface area contributed by atoms with Gasteiger partial charge in [0.25, 0.3) is 17.7 Å². The molecule has 19 heteroatoms. The Hall–Kier alpha value is -4.29. The van der Waals surface area contributed by atoms with Gasteiger partial charge in [-0.25, -0.2) is 4.31 Å². The molecule has 0 saturated heterocycles. The van der Waals surface area contributed by atoms with Crippen molar-refractivity contribution < 1.29 is 54.8 Å². The zero-order chi connectivity index (χ0) is 39.7. The highest BCUT2D eigenvalue weighted by Crippen LogP contribution is 2.31. The second-order valence-corrected chi connectivity index (χ2v) is 15.2. The molecule has 0 spiro atoms. The van der Waals surface area contributed by atoms with Crippen molar-refractivity contribution in [1.82, 2.24) is 20.3 Å². The average Bonchev–Trinajstić information content (AvgIpc) is 3.62. The molecule has 1 aromatic heterocycles. The molecular weight excluding hydrogens is 747 g/mol. The van der Waals surface area contributed by atoms with Gasteiger partial charge < -0.3 is 20.8 Å². The molecule has 1 saturated carbocycles. The van der Waals surface area contributed by atoms with E-state index in [1.165, 1.54) is 24.4 Å². The van der Waals surface area contributed by atoms with Crippen LogP contribution in [0.1, 0.15) is 82.7 Å². The van der Waals surface area contributed by atoms with Crippen molar-refractivity contribution in [3.05, 3.63) is 47.2 Å². The first kappa shape index (κ1) is 43.1. The number of nitrogens with one attached hydrogen (secondary N) is 3. The van der Waals surface area contributed by atoms with Crippen LogP contribution >= 0.6 is 11.6 Å². The summed E-state index contributed by atoms with van der Waals surface area (Å²) in [7, 11) is -6.59. The fourth-order valence-electron chi connectivity index (χ4n) is 5.67. The molecule has 5 N–H and O–H groups in total. The van der Waals surface area contributed by atoms with E-state index in [1.807, 2.05) is 0 Å². The normalized spacial score (nSPS) is 16.1. The van der Waals surface area contributed by atoms with Crippen molar-refractivity contribution in [2.24, 2.45) is 17.6 Å². The number of imide groups is 1. The number of nitrogens with two attached hydrogens (primary N) is 1. The van der Waals surface area contributed by atoms with Crippen molar-refractivity contribution in [3.63, 3.8) is 0 Å². The van der Waals surface area contributed by atoms with E-state index in [0.29, 0.717) is 48.5 Å². The number of furan rings is 1. The van der Waals surface area contributed by atoms with E-state index in [-0.39, 0.29) is 24.5 Å². The van der Waals surface area contributed by atoms with Crippen LogP contribution in [0.2, 0.25) is 5.02 Å². The van der Waals surface area contributed by atoms with Gasteiger partial charge in [0.1, 0.15) is 24.4 Å². The second-order valence-electron chi connectivity index (χ2n) is 12.9.